The van der Waals surface area contributed by atoms with Gasteiger partial charge in [0.25, 0.3) is 5.56 Å². The largest absolute Gasteiger partial charge is 0.325 e. The number of nitrogens with zero attached hydrogens (tertiary/aromatic N) is 1. The molecule has 1 aromatic carbocycles. The first-order valence-electron chi connectivity index (χ1n) is 8.97. The molecule has 2 aromatic rings. The lowest BCUT2D eigenvalue weighted by Crippen LogP contribution is -2.37. The number of fused-ring (bicyclic) bond motifs is 1. The quantitative estimate of drug-likeness (QED) is 0.922. The highest BCUT2D eigenvalue weighted by Crippen LogP contribution is 2.65. The van der Waals surface area contributed by atoms with Gasteiger partial charge < -0.3 is 9.88 Å². The molecule has 0 unspecified atom stereocenters. The molecule has 4 heteroatoms. The van der Waals surface area contributed by atoms with Crippen LogP contribution in [0.5, 0.6) is 0 Å². The standard InChI is InChI=1S/C20H22N2O2/c1-22-6-5-15-16(18(22)23)3-2-4-17(15)21-19(24)20-10-12-7-13(11-20)9-14(20)8-12/h2-6,12-14H,7-11H2,1H3,(H,21,24)/t12-,13+,14+,20-. The van der Waals surface area contributed by atoms with Gasteiger partial charge in [-0.1, -0.05) is 6.07 Å². The third-order valence-corrected chi connectivity index (χ3v) is 6.81. The van der Waals surface area contributed by atoms with E-state index in [4.69, 9.17) is 0 Å². The first kappa shape index (κ1) is 14.3. The zero-order chi connectivity index (χ0) is 16.5. The first-order chi connectivity index (χ1) is 11.6. The second-order valence-electron chi connectivity index (χ2n) is 8.15. The summed E-state index contributed by atoms with van der Waals surface area (Å²) in [5.41, 5.74) is 0.605. The van der Waals surface area contributed by atoms with Crippen LogP contribution in [0.3, 0.4) is 0 Å². The Labute approximate surface area is 140 Å². The van der Waals surface area contributed by atoms with E-state index in [-0.39, 0.29) is 16.9 Å². The molecule has 0 aliphatic heterocycles. The summed E-state index contributed by atoms with van der Waals surface area (Å²) in [5.74, 6) is 2.27. The zero-order valence-electron chi connectivity index (χ0n) is 13.9. The summed E-state index contributed by atoms with van der Waals surface area (Å²) in [4.78, 5) is 25.5. The maximum absolute atomic E-state index is 13.2. The molecule has 4 nitrogen and oxygen atoms in total. The van der Waals surface area contributed by atoms with E-state index in [0.717, 1.165) is 35.8 Å². The van der Waals surface area contributed by atoms with Gasteiger partial charge in [-0.15, -0.1) is 0 Å². The highest BCUT2D eigenvalue weighted by atomic mass is 16.2. The summed E-state index contributed by atoms with van der Waals surface area (Å²) in [6.45, 7) is 0. The Morgan fingerprint density at radius 1 is 1.12 bits per heavy atom. The number of benzene rings is 1. The maximum atomic E-state index is 13.2. The van der Waals surface area contributed by atoms with Gasteiger partial charge in [0.15, 0.2) is 0 Å². The van der Waals surface area contributed by atoms with Crippen molar-refractivity contribution in [2.75, 3.05) is 5.32 Å². The average molecular weight is 322 g/mol. The molecular weight excluding hydrogens is 300 g/mol. The summed E-state index contributed by atoms with van der Waals surface area (Å²) in [7, 11) is 1.75. The minimum Gasteiger partial charge on any atom is -0.325 e. The Balaban J connectivity index is 1.53. The maximum Gasteiger partial charge on any atom is 0.258 e. The number of carbonyl (C=O) groups is 1. The van der Waals surface area contributed by atoms with Gasteiger partial charge >= 0.3 is 0 Å². The lowest BCUT2D eigenvalue weighted by Gasteiger charge is -2.31. The number of pyridine rings is 1. The van der Waals surface area contributed by atoms with Crippen LogP contribution in [0, 0.1) is 23.2 Å². The van der Waals surface area contributed by atoms with E-state index in [9.17, 15) is 9.59 Å². The molecule has 4 aliphatic rings. The second-order valence-corrected chi connectivity index (χ2v) is 8.15. The van der Waals surface area contributed by atoms with Gasteiger partial charge in [0.05, 0.1) is 5.41 Å². The van der Waals surface area contributed by atoms with E-state index in [2.05, 4.69) is 5.32 Å². The lowest BCUT2D eigenvalue weighted by molar-refractivity contribution is -0.127. The summed E-state index contributed by atoms with van der Waals surface area (Å²) in [6, 6.07) is 7.52. The van der Waals surface area contributed by atoms with Crippen molar-refractivity contribution in [1.29, 1.82) is 0 Å². The van der Waals surface area contributed by atoms with Crippen molar-refractivity contribution >= 4 is 22.4 Å². The number of aromatic nitrogens is 1. The van der Waals surface area contributed by atoms with E-state index in [1.165, 1.54) is 19.3 Å². The van der Waals surface area contributed by atoms with E-state index in [1.807, 2.05) is 24.3 Å². The number of rotatable bonds is 2. The van der Waals surface area contributed by atoms with Gasteiger partial charge in [-0.3, -0.25) is 9.59 Å². The van der Waals surface area contributed by atoms with Crippen LogP contribution in [0.1, 0.15) is 32.1 Å². The Morgan fingerprint density at radius 3 is 2.62 bits per heavy atom. The fourth-order valence-electron chi connectivity index (χ4n) is 5.90. The van der Waals surface area contributed by atoms with Crippen molar-refractivity contribution < 1.29 is 4.79 Å². The van der Waals surface area contributed by atoms with E-state index < -0.39 is 0 Å². The van der Waals surface area contributed by atoms with Gasteiger partial charge in [0.1, 0.15) is 0 Å². The van der Waals surface area contributed by atoms with Crippen LogP contribution in [0.4, 0.5) is 5.69 Å². The molecule has 1 aromatic heterocycles. The molecule has 124 valence electrons. The third kappa shape index (κ3) is 1.80. The van der Waals surface area contributed by atoms with Crippen molar-refractivity contribution in [1.82, 2.24) is 4.57 Å². The molecule has 1 N–H and O–H groups in total. The predicted octanol–water partition coefficient (Wildman–Crippen LogP) is 3.30. The van der Waals surface area contributed by atoms with Crippen LogP contribution in [-0.2, 0) is 11.8 Å². The number of hydrogen-bond donors (Lipinski definition) is 1. The summed E-state index contributed by atoms with van der Waals surface area (Å²) in [5, 5.41) is 4.69. The molecule has 24 heavy (non-hydrogen) atoms. The van der Waals surface area contributed by atoms with E-state index >= 15 is 0 Å². The highest BCUT2D eigenvalue weighted by Gasteiger charge is 2.61. The van der Waals surface area contributed by atoms with Gasteiger partial charge in [-0.25, -0.2) is 0 Å². The molecule has 0 radical (unpaired) electrons. The summed E-state index contributed by atoms with van der Waals surface area (Å²) < 4.78 is 1.57. The first-order valence-corrected chi connectivity index (χ1v) is 8.97. The summed E-state index contributed by atoms with van der Waals surface area (Å²) in [6.07, 6.45) is 7.69. The van der Waals surface area contributed by atoms with Gasteiger partial charge in [0, 0.05) is 29.7 Å². The number of hydrogen-bond acceptors (Lipinski definition) is 2. The SMILES string of the molecule is Cn1ccc2c(NC(=O)[C@@]34C[C@@H]5C[C@@H](C[C@@H]3C5)C4)cccc2c1=O. The van der Waals surface area contributed by atoms with Crippen LogP contribution in [-0.4, -0.2) is 10.5 Å². The van der Waals surface area contributed by atoms with E-state index in [1.54, 1.807) is 17.8 Å². The van der Waals surface area contributed by atoms with Crippen molar-refractivity contribution in [2.24, 2.45) is 30.2 Å². The molecule has 4 bridgehead atoms. The average Bonchev–Trinajstić information content (AvgIpc) is 2.97. The van der Waals surface area contributed by atoms with Crippen LogP contribution in [0.25, 0.3) is 10.8 Å². The zero-order valence-corrected chi connectivity index (χ0v) is 13.9. The second kappa shape index (κ2) is 4.71. The Kier molecular flexibility index (Phi) is 2.80. The highest BCUT2D eigenvalue weighted by molar-refractivity contribution is 6.04. The van der Waals surface area contributed by atoms with Crippen molar-refractivity contribution in [3.8, 4) is 0 Å². The molecule has 1 amide bonds. The fourth-order valence-corrected chi connectivity index (χ4v) is 5.90. The number of carbonyl (C=O) groups excluding carboxylic acids is 1. The number of aryl methyl sites for hydroxylation is 1. The Morgan fingerprint density at radius 2 is 1.88 bits per heavy atom. The molecule has 4 saturated carbocycles. The minimum absolute atomic E-state index is 0.0254. The molecule has 4 atom stereocenters. The van der Waals surface area contributed by atoms with Gasteiger partial charge in [0.2, 0.25) is 5.91 Å². The Bertz CT molecular complexity index is 899. The van der Waals surface area contributed by atoms with Gasteiger partial charge in [-0.05, 0) is 68.1 Å². The predicted molar refractivity (Wildman–Crippen MR) is 93.8 cm³/mol. The van der Waals surface area contributed by atoms with Crippen molar-refractivity contribution in [2.45, 2.75) is 32.1 Å². The van der Waals surface area contributed by atoms with Crippen LogP contribution < -0.4 is 10.9 Å². The smallest absolute Gasteiger partial charge is 0.258 e. The minimum atomic E-state index is -0.143. The Hall–Kier alpha value is -2.10. The van der Waals surface area contributed by atoms with Crippen LogP contribution in [0.2, 0.25) is 0 Å². The topological polar surface area (TPSA) is 51.1 Å². The van der Waals surface area contributed by atoms with Crippen molar-refractivity contribution in [3.63, 3.8) is 0 Å². The molecule has 4 aliphatic carbocycles. The van der Waals surface area contributed by atoms with Crippen molar-refractivity contribution in [3.05, 3.63) is 40.8 Å². The van der Waals surface area contributed by atoms with Gasteiger partial charge in [-0.2, -0.15) is 0 Å². The number of anilines is 1. The molecule has 6 rings (SSSR count). The number of nitrogens with one attached hydrogen (secondary N) is 1. The lowest BCUT2D eigenvalue weighted by atomic mass is 9.75. The van der Waals surface area contributed by atoms with E-state index in [0.29, 0.717) is 11.3 Å². The molecule has 0 saturated heterocycles. The van der Waals surface area contributed by atoms with Crippen LogP contribution >= 0.6 is 0 Å². The molecule has 4 fully saturated rings. The summed E-state index contributed by atoms with van der Waals surface area (Å²) >= 11 is 0. The van der Waals surface area contributed by atoms with Crippen LogP contribution in [0.15, 0.2) is 35.3 Å². The fraction of sp³-hybridized carbons (Fsp3) is 0.500. The molecule has 1 heterocycles. The third-order valence-electron chi connectivity index (χ3n) is 6.81. The number of amides is 1. The monoisotopic (exact) mass is 322 g/mol. The molecular formula is C20H22N2O2. The molecule has 0 spiro atoms. The normalized spacial score (nSPS) is 33.3.